The molecular formula is C20H26FN7O. The molecule has 0 saturated carbocycles. The summed E-state index contributed by atoms with van der Waals surface area (Å²) in [5.41, 5.74) is 0.0729. The first-order chi connectivity index (χ1) is 14.0. The van der Waals surface area contributed by atoms with Gasteiger partial charge in [-0.3, -0.25) is 9.78 Å². The van der Waals surface area contributed by atoms with Crippen LogP contribution in [0.25, 0.3) is 0 Å². The number of anilines is 2. The van der Waals surface area contributed by atoms with E-state index in [1.807, 2.05) is 13.0 Å². The van der Waals surface area contributed by atoms with Crippen LogP contribution in [0.2, 0.25) is 0 Å². The summed E-state index contributed by atoms with van der Waals surface area (Å²) in [5, 5.41) is 0. The standard InChI is InChI=1S/C20H26FN7O/c1-15-23-18(26-7-5-25(2)6-8-26)13-19(24-15)27-9-11-28(12-10-27)20(29)16-3-4-22-14-17(16)21/h3-4,13-14H,5-12H2,1-2H3. The number of likely N-dealkylation sites (N-methyl/N-ethyl adjacent to an activating group) is 1. The molecule has 8 nitrogen and oxygen atoms in total. The number of hydrogen-bond acceptors (Lipinski definition) is 7. The third kappa shape index (κ3) is 4.29. The van der Waals surface area contributed by atoms with Crippen molar-refractivity contribution in [1.29, 1.82) is 0 Å². The van der Waals surface area contributed by atoms with Gasteiger partial charge in [0.2, 0.25) is 0 Å². The van der Waals surface area contributed by atoms with Gasteiger partial charge in [0.1, 0.15) is 17.5 Å². The quantitative estimate of drug-likeness (QED) is 0.764. The lowest BCUT2D eigenvalue weighted by Crippen LogP contribution is -2.49. The Balaban J connectivity index is 1.43. The number of rotatable bonds is 3. The topological polar surface area (TPSA) is 68.7 Å². The maximum absolute atomic E-state index is 13.9. The van der Waals surface area contributed by atoms with Crippen LogP contribution in [0.5, 0.6) is 0 Å². The summed E-state index contributed by atoms with van der Waals surface area (Å²) in [4.78, 5) is 34.0. The van der Waals surface area contributed by atoms with Gasteiger partial charge in [-0.15, -0.1) is 0 Å². The van der Waals surface area contributed by atoms with Gasteiger partial charge < -0.3 is 19.6 Å². The van der Waals surface area contributed by atoms with Gasteiger partial charge >= 0.3 is 0 Å². The van der Waals surface area contributed by atoms with Crippen LogP contribution in [0.3, 0.4) is 0 Å². The molecule has 1 amide bonds. The lowest BCUT2D eigenvalue weighted by atomic mass is 10.2. The first kappa shape index (κ1) is 19.5. The van der Waals surface area contributed by atoms with Crippen LogP contribution in [0, 0.1) is 12.7 Å². The van der Waals surface area contributed by atoms with Gasteiger partial charge in [0.25, 0.3) is 5.91 Å². The average molecular weight is 399 g/mol. The van der Waals surface area contributed by atoms with E-state index in [2.05, 4.69) is 36.7 Å². The van der Waals surface area contributed by atoms with Crippen molar-refractivity contribution in [2.24, 2.45) is 0 Å². The lowest BCUT2D eigenvalue weighted by molar-refractivity contribution is 0.0741. The molecule has 2 saturated heterocycles. The van der Waals surface area contributed by atoms with Crippen molar-refractivity contribution in [2.45, 2.75) is 6.92 Å². The highest BCUT2D eigenvalue weighted by Gasteiger charge is 2.25. The second-order valence-electron chi connectivity index (χ2n) is 7.56. The van der Waals surface area contributed by atoms with Gasteiger partial charge in [-0.05, 0) is 20.0 Å². The predicted molar refractivity (Wildman–Crippen MR) is 109 cm³/mol. The van der Waals surface area contributed by atoms with E-state index in [0.29, 0.717) is 26.2 Å². The molecule has 0 unspecified atom stereocenters. The minimum Gasteiger partial charge on any atom is -0.354 e. The molecule has 0 bridgehead atoms. The fourth-order valence-electron chi connectivity index (χ4n) is 3.75. The predicted octanol–water partition coefficient (Wildman–Crippen LogP) is 1.03. The number of halogens is 1. The molecule has 0 N–H and O–H groups in total. The van der Waals surface area contributed by atoms with E-state index in [9.17, 15) is 9.18 Å². The van der Waals surface area contributed by atoms with Gasteiger partial charge in [0.05, 0.1) is 11.8 Å². The minimum absolute atomic E-state index is 0.0729. The molecule has 0 atom stereocenters. The normalized spacial score (nSPS) is 18.2. The van der Waals surface area contributed by atoms with E-state index in [1.165, 1.54) is 12.3 Å². The van der Waals surface area contributed by atoms with Crippen molar-refractivity contribution in [3.05, 3.63) is 41.7 Å². The summed E-state index contributed by atoms with van der Waals surface area (Å²) >= 11 is 0. The molecule has 2 aliphatic heterocycles. The van der Waals surface area contributed by atoms with Crippen LogP contribution in [-0.2, 0) is 0 Å². The lowest BCUT2D eigenvalue weighted by Gasteiger charge is -2.37. The summed E-state index contributed by atoms with van der Waals surface area (Å²) in [6.07, 6.45) is 2.52. The second kappa shape index (κ2) is 8.28. The first-order valence-electron chi connectivity index (χ1n) is 9.94. The van der Waals surface area contributed by atoms with Gasteiger partial charge in [-0.1, -0.05) is 0 Å². The largest absolute Gasteiger partial charge is 0.354 e. The highest BCUT2D eigenvalue weighted by molar-refractivity contribution is 5.94. The van der Waals surface area contributed by atoms with E-state index < -0.39 is 5.82 Å². The molecule has 0 radical (unpaired) electrons. The molecule has 0 spiro atoms. The Labute approximate surface area is 170 Å². The molecule has 2 fully saturated rings. The summed E-state index contributed by atoms with van der Waals surface area (Å²) in [6.45, 7) is 8.19. The number of nitrogens with zero attached hydrogens (tertiary/aromatic N) is 7. The maximum Gasteiger partial charge on any atom is 0.257 e. The van der Waals surface area contributed by atoms with Crippen LogP contribution in [-0.4, -0.2) is 90.1 Å². The first-order valence-corrected chi connectivity index (χ1v) is 9.94. The Morgan fingerprint density at radius 2 is 1.55 bits per heavy atom. The Bertz CT molecular complexity index is 877. The second-order valence-corrected chi connectivity index (χ2v) is 7.56. The van der Waals surface area contributed by atoms with Crippen molar-refractivity contribution in [1.82, 2.24) is 24.8 Å². The van der Waals surface area contributed by atoms with Crippen LogP contribution >= 0.6 is 0 Å². The number of amides is 1. The number of carbonyl (C=O) groups is 1. The third-order valence-electron chi connectivity index (χ3n) is 5.53. The van der Waals surface area contributed by atoms with Crippen molar-refractivity contribution < 1.29 is 9.18 Å². The summed E-state index contributed by atoms with van der Waals surface area (Å²) in [6, 6.07) is 3.47. The molecule has 29 heavy (non-hydrogen) atoms. The van der Waals surface area contributed by atoms with E-state index >= 15 is 0 Å². The molecule has 4 rings (SSSR count). The fourth-order valence-corrected chi connectivity index (χ4v) is 3.75. The van der Waals surface area contributed by atoms with Crippen LogP contribution in [0.4, 0.5) is 16.0 Å². The highest BCUT2D eigenvalue weighted by Crippen LogP contribution is 2.22. The smallest absolute Gasteiger partial charge is 0.257 e. The number of carbonyl (C=O) groups excluding carboxylic acids is 1. The molecule has 9 heteroatoms. The van der Waals surface area contributed by atoms with Crippen LogP contribution < -0.4 is 9.80 Å². The molecule has 2 aromatic heterocycles. The average Bonchev–Trinajstić information content (AvgIpc) is 2.74. The van der Waals surface area contributed by atoms with Gasteiger partial charge in [-0.25, -0.2) is 14.4 Å². The van der Waals surface area contributed by atoms with Crippen molar-refractivity contribution in [2.75, 3.05) is 69.2 Å². The zero-order valence-corrected chi connectivity index (χ0v) is 16.9. The number of aromatic nitrogens is 3. The minimum atomic E-state index is -0.580. The third-order valence-corrected chi connectivity index (χ3v) is 5.53. The zero-order chi connectivity index (χ0) is 20.4. The molecule has 154 valence electrons. The fraction of sp³-hybridized carbons (Fsp3) is 0.500. The molecule has 0 aromatic carbocycles. The van der Waals surface area contributed by atoms with E-state index in [1.54, 1.807) is 4.90 Å². The van der Waals surface area contributed by atoms with E-state index in [0.717, 1.165) is 49.8 Å². The van der Waals surface area contributed by atoms with Crippen LogP contribution in [0.15, 0.2) is 24.5 Å². The summed E-state index contributed by atoms with van der Waals surface area (Å²) in [7, 11) is 2.13. The molecule has 2 aromatic rings. The highest BCUT2D eigenvalue weighted by atomic mass is 19.1. The van der Waals surface area contributed by atoms with Crippen LogP contribution in [0.1, 0.15) is 16.2 Å². The SMILES string of the molecule is Cc1nc(N2CCN(C)CC2)cc(N2CCN(C(=O)c3ccncc3F)CC2)n1. The number of hydrogen-bond donors (Lipinski definition) is 0. The van der Waals surface area contributed by atoms with Gasteiger partial charge in [0.15, 0.2) is 5.82 Å². The summed E-state index contributed by atoms with van der Waals surface area (Å²) in [5.74, 6) is 1.71. The number of piperazine rings is 2. The van der Waals surface area contributed by atoms with Gasteiger partial charge in [-0.2, -0.15) is 0 Å². The Kier molecular flexibility index (Phi) is 5.57. The van der Waals surface area contributed by atoms with Crippen molar-refractivity contribution >= 4 is 17.5 Å². The Morgan fingerprint density at radius 1 is 0.966 bits per heavy atom. The molecule has 2 aliphatic rings. The molecule has 4 heterocycles. The monoisotopic (exact) mass is 399 g/mol. The number of aryl methyl sites for hydroxylation is 1. The van der Waals surface area contributed by atoms with E-state index in [-0.39, 0.29) is 11.5 Å². The summed E-state index contributed by atoms with van der Waals surface area (Å²) < 4.78 is 13.9. The number of pyridine rings is 1. The van der Waals surface area contributed by atoms with Gasteiger partial charge in [0, 0.05) is 64.6 Å². The maximum atomic E-state index is 13.9. The van der Waals surface area contributed by atoms with Crippen molar-refractivity contribution in [3.8, 4) is 0 Å². The Morgan fingerprint density at radius 3 is 2.14 bits per heavy atom. The molecule has 0 aliphatic carbocycles. The van der Waals surface area contributed by atoms with E-state index in [4.69, 9.17) is 0 Å². The zero-order valence-electron chi connectivity index (χ0n) is 16.9. The van der Waals surface area contributed by atoms with Crippen molar-refractivity contribution in [3.63, 3.8) is 0 Å². The Hall–Kier alpha value is -2.81. The molecular weight excluding hydrogens is 373 g/mol.